The fourth-order valence-corrected chi connectivity index (χ4v) is 5.85. The van der Waals surface area contributed by atoms with Crippen LogP contribution in [0, 0.1) is 0 Å². The number of sulfonamides is 1. The monoisotopic (exact) mass is 480 g/mol. The number of anilines is 1. The first-order valence-electron chi connectivity index (χ1n) is 10.9. The van der Waals surface area contributed by atoms with Crippen LogP contribution in [0.1, 0.15) is 13.3 Å². The Morgan fingerprint density at radius 2 is 1.81 bits per heavy atom. The molecule has 3 rings (SSSR count). The van der Waals surface area contributed by atoms with Gasteiger partial charge in [-0.25, -0.2) is 8.42 Å². The van der Waals surface area contributed by atoms with E-state index in [0.29, 0.717) is 22.2 Å². The van der Waals surface area contributed by atoms with E-state index < -0.39 is 10.0 Å². The van der Waals surface area contributed by atoms with Gasteiger partial charge in [-0.3, -0.25) is 9.10 Å². The van der Waals surface area contributed by atoms with Crippen LogP contribution >= 0.6 is 11.3 Å². The fraction of sp³-hybridized carbons (Fsp3) is 0.500. The van der Waals surface area contributed by atoms with Gasteiger partial charge in [0.2, 0.25) is 0 Å². The minimum Gasteiger partial charge on any atom is -0.484 e. The van der Waals surface area contributed by atoms with E-state index in [4.69, 9.17) is 4.74 Å². The van der Waals surface area contributed by atoms with E-state index in [9.17, 15) is 13.2 Å². The molecule has 2 aromatic rings. The van der Waals surface area contributed by atoms with Gasteiger partial charge in [0.25, 0.3) is 15.9 Å². The molecule has 1 aromatic carbocycles. The molecule has 0 unspecified atom stereocenters. The average Bonchev–Trinajstić information content (AvgIpc) is 3.37. The summed E-state index contributed by atoms with van der Waals surface area (Å²) in [5, 5.41) is 4.62. The molecular weight excluding hydrogens is 448 g/mol. The number of thiophene rings is 1. The van der Waals surface area contributed by atoms with Crippen LogP contribution in [0.25, 0.3) is 0 Å². The van der Waals surface area contributed by atoms with Crippen molar-refractivity contribution in [2.75, 3.05) is 63.8 Å². The number of likely N-dealkylation sites (N-methyl/N-ethyl adjacent to an activating group) is 1. The Kier molecular flexibility index (Phi) is 8.92. The Morgan fingerprint density at radius 1 is 1.12 bits per heavy atom. The van der Waals surface area contributed by atoms with Crippen LogP contribution in [-0.2, 0) is 14.8 Å². The van der Waals surface area contributed by atoms with Crippen LogP contribution in [0.3, 0.4) is 0 Å². The molecule has 1 N–H and O–H groups in total. The topological polar surface area (TPSA) is 82.2 Å². The Bertz CT molecular complexity index is 941. The molecule has 32 heavy (non-hydrogen) atoms. The van der Waals surface area contributed by atoms with Crippen LogP contribution < -0.4 is 14.4 Å². The molecule has 1 fully saturated rings. The molecule has 10 heteroatoms. The SMILES string of the molecule is CCN1CCN(CCCNC(=O)COc2ccc(N(C)S(=O)(=O)c3cccs3)cc2)CC1. The van der Waals surface area contributed by atoms with Crippen molar-refractivity contribution < 1.29 is 17.9 Å². The largest absolute Gasteiger partial charge is 0.484 e. The summed E-state index contributed by atoms with van der Waals surface area (Å²) in [7, 11) is -2.06. The second-order valence-electron chi connectivity index (χ2n) is 7.67. The summed E-state index contributed by atoms with van der Waals surface area (Å²) in [6, 6.07) is 9.95. The standard InChI is InChI=1S/C22H32N4O4S2/c1-3-25-13-15-26(16-14-25)12-5-11-23-21(27)18-30-20-9-7-19(8-10-20)24(2)32(28,29)22-6-4-17-31-22/h4,6-10,17H,3,5,11-16,18H2,1-2H3,(H,23,27). The summed E-state index contributed by atoms with van der Waals surface area (Å²) in [6.45, 7) is 9.25. The number of rotatable bonds is 11. The highest BCUT2D eigenvalue weighted by Gasteiger charge is 2.22. The molecule has 0 aliphatic carbocycles. The fourth-order valence-electron chi connectivity index (χ4n) is 3.50. The number of carbonyl (C=O) groups excluding carboxylic acids is 1. The van der Waals surface area contributed by atoms with Crippen molar-refractivity contribution in [3.8, 4) is 5.75 Å². The van der Waals surface area contributed by atoms with Gasteiger partial charge in [-0.15, -0.1) is 11.3 Å². The van der Waals surface area contributed by atoms with Crippen LogP contribution in [0.2, 0.25) is 0 Å². The summed E-state index contributed by atoms with van der Waals surface area (Å²) in [5.41, 5.74) is 0.523. The Balaban J connectivity index is 1.36. The van der Waals surface area contributed by atoms with Crippen LogP contribution in [0.15, 0.2) is 46.0 Å². The lowest BCUT2D eigenvalue weighted by Crippen LogP contribution is -2.46. The summed E-state index contributed by atoms with van der Waals surface area (Å²) in [4.78, 5) is 16.9. The lowest BCUT2D eigenvalue weighted by molar-refractivity contribution is -0.123. The third kappa shape index (κ3) is 6.68. The second-order valence-corrected chi connectivity index (χ2v) is 10.8. The lowest BCUT2D eigenvalue weighted by atomic mass is 10.3. The van der Waals surface area contributed by atoms with Crippen molar-refractivity contribution >= 4 is 33.0 Å². The van der Waals surface area contributed by atoms with Crippen molar-refractivity contribution in [1.29, 1.82) is 0 Å². The number of nitrogens with zero attached hydrogens (tertiary/aromatic N) is 3. The van der Waals surface area contributed by atoms with Crippen molar-refractivity contribution in [1.82, 2.24) is 15.1 Å². The van der Waals surface area contributed by atoms with Gasteiger partial charge in [0.1, 0.15) is 9.96 Å². The predicted molar refractivity (Wildman–Crippen MR) is 128 cm³/mol. The molecule has 176 valence electrons. The highest BCUT2D eigenvalue weighted by Crippen LogP contribution is 2.26. The molecule has 0 atom stereocenters. The zero-order chi connectivity index (χ0) is 23.0. The first-order chi connectivity index (χ1) is 15.4. The highest BCUT2D eigenvalue weighted by atomic mass is 32.2. The molecule has 1 aliphatic rings. The molecule has 8 nitrogen and oxygen atoms in total. The summed E-state index contributed by atoms with van der Waals surface area (Å²) in [5.74, 6) is 0.349. The predicted octanol–water partition coefficient (Wildman–Crippen LogP) is 2.10. The number of carbonyl (C=O) groups is 1. The second kappa shape index (κ2) is 11.6. The maximum absolute atomic E-state index is 12.6. The third-order valence-electron chi connectivity index (χ3n) is 5.57. The lowest BCUT2D eigenvalue weighted by Gasteiger charge is -2.33. The molecule has 2 heterocycles. The maximum atomic E-state index is 12.6. The number of hydrogen-bond acceptors (Lipinski definition) is 7. The van der Waals surface area contributed by atoms with E-state index in [1.165, 1.54) is 22.7 Å². The zero-order valence-electron chi connectivity index (χ0n) is 18.7. The summed E-state index contributed by atoms with van der Waals surface area (Å²) in [6.07, 6.45) is 0.914. The van der Waals surface area contributed by atoms with Gasteiger partial charge in [0.05, 0.1) is 5.69 Å². The van der Waals surface area contributed by atoms with E-state index in [1.54, 1.807) is 41.8 Å². The van der Waals surface area contributed by atoms with Gasteiger partial charge in [-0.05, 0) is 55.2 Å². The molecule has 0 radical (unpaired) electrons. The van der Waals surface area contributed by atoms with Gasteiger partial charge in [0.15, 0.2) is 6.61 Å². The molecule has 0 bridgehead atoms. The Labute approximate surface area is 194 Å². The van der Waals surface area contributed by atoms with E-state index in [-0.39, 0.29) is 12.5 Å². The first kappa shape index (κ1) is 24.5. The van der Waals surface area contributed by atoms with E-state index in [0.717, 1.165) is 45.7 Å². The van der Waals surface area contributed by atoms with Gasteiger partial charge in [-0.2, -0.15) is 0 Å². The number of nitrogens with one attached hydrogen (secondary N) is 1. The number of amides is 1. The molecule has 1 amide bonds. The van der Waals surface area contributed by atoms with Crippen molar-refractivity contribution in [3.63, 3.8) is 0 Å². The summed E-state index contributed by atoms with van der Waals surface area (Å²) >= 11 is 1.18. The third-order valence-corrected chi connectivity index (χ3v) is 8.72. The highest BCUT2D eigenvalue weighted by molar-refractivity contribution is 7.94. The number of ether oxygens (including phenoxy) is 1. The van der Waals surface area contributed by atoms with Crippen LogP contribution in [0.4, 0.5) is 5.69 Å². The van der Waals surface area contributed by atoms with E-state index in [2.05, 4.69) is 22.0 Å². The Morgan fingerprint density at radius 3 is 2.44 bits per heavy atom. The number of piperazine rings is 1. The molecule has 1 aliphatic heterocycles. The smallest absolute Gasteiger partial charge is 0.273 e. The zero-order valence-corrected chi connectivity index (χ0v) is 20.3. The molecule has 1 saturated heterocycles. The Hall–Kier alpha value is -2.14. The molecule has 0 saturated carbocycles. The molecule has 0 spiro atoms. The average molecular weight is 481 g/mol. The molecular formula is C22H32N4O4S2. The van der Waals surface area contributed by atoms with Gasteiger partial charge in [0, 0.05) is 39.8 Å². The quantitative estimate of drug-likeness (QED) is 0.496. The van der Waals surface area contributed by atoms with Crippen LogP contribution in [0.5, 0.6) is 5.75 Å². The van der Waals surface area contributed by atoms with Crippen molar-refractivity contribution in [2.45, 2.75) is 17.6 Å². The van der Waals surface area contributed by atoms with Crippen molar-refractivity contribution in [3.05, 3.63) is 41.8 Å². The van der Waals surface area contributed by atoms with Gasteiger partial charge < -0.3 is 19.9 Å². The normalized spacial score (nSPS) is 15.4. The van der Waals surface area contributed by atoms with Crippen molar-refractivity contribution in [2.24, 2.45) is 0 Å². The minimum atomic E-state index is -3.57. The number of hydrogen-bond donors (Lipinski definition) is 1. The van der Waals surface area contributed by atoms with E-state index >= 15 is 0 Å². The van der Waals surface area contributed by atoms with Gasteiger partial charge in [-0.1, -0.05) is 13.0 Å². The molecule has 1 aromatic heterocycles. The van der Waals surface area contributed by atoms with Crippen LogP contribution in [-0.4, -0.2) is 83.6 Å². The number of benzene rings is 1. The van der Waals surface area contributed by atoms with Gasteiger partial charge >= 0.3 is 0 Å². The maximum Gasteiger partial charge on any atom is 0.273 e. The summed E-state index contributed by atoms with van der Waals surface area (Å²) < 4.78 is 32.3. The first-order valence-corrected chi connectivity index (χ1v) is 13.2. The minimum absolute atomic E-state index is 0.0716. The van der Waals surface area contributed by atoms with E-state index in [1.807, 2.05) is 0 Å².